The minimum atomic E-state index is -0.157. The number of aryl methyl sites for hydroxylation is 1. The molecule has 3 rings (SSSR count). The second-order valence-corrected chi connectivity index (χ2v) is 7.29. The van der Waals surface area contributed by atoms with Crippen LogP contribution in [0.1, 0.15) is 24.5 Å². The standard InChI is InChI=1S/C20H22N2O2S/c1-14-7-3-4-8-16(14)12-25-13-20(24)22-15(2)11-19(23)21-17-9-5-6-10-18(17)22/h3-10,15H,11-13H2,1-2H3,(H,21,23)/t15-/m0/s1. The van der Waals surface area contributed by atoms with Gasteiger partial charge in [-0.15, -0.1) is 11.8 Å². The first-order chi connectivity index (χ1) is 12.1. The molecule has 0 saturated heterocycles. The third-order valence-corrected chi connectivity index (χ3v) is 5.34. The van der Waals surface area contributed by atoms with E-state index < -0.39 is 0 Å². The highest BCUT2D eigenvalue weighted by Gasteiger charge is 2.29. The maximum atomic E-state index is 12.9. The fourth-order valence-electron chi connectivity index (χ4n) is 3.06. The Morgan fingerprint density at radius 3 is 2.72 bits per heavy atom. The SMILES string of the molecule is Cc1ccccc1CSCC(=O)N1c2ccccc2NC(=O)C[C@@H]1C. The smallest absolute Gasteiger partial charge is 0.237 e. The Hall–Kier alpha value is -2.27. The quantitative estimate of drug-likeness (QED) is 0.903. The van der Waals surface area contributed by atoms with Crippen LogP contribution in [-0.2, 0) is 15.3 Å². The number of carbonyl (C=O) groups is 2. The lowest BCUT2D eigenvalue weighted by Crippen LogP contribution is -2.40. The molecule has 4 nitrogen and oxygen atoms in total. The highest BCUT2D eigenvalue weighted by molar-refractivity contribution is 7.99. The van der Waals surface area contributed by atoms with Gasteiger partial charge in [0.2, 0.25) is 11.8 Å². The Morgan fingerprint density at radius 2 is 1.92 bits per heavy atom. The van der Waals surface area contributed by atoms with Crippen LogP contribution in [0.4, 0.5) is 11.4 Å². The van der Waals surface area contributed by atoms with Gasteiger partial charge in [-0.3, -0.25) is 9.59 Å². The van der Waals surface area contributed by atoms with E-state index in [0.29, 0.717) is 17.9 Å². The second-order valence-electron chi connectivity index (χ2n) is 6.30. The predicted octanol–water partition coefficient (Wildman–Crippen LogP) is 3.99. The van der Waals surface area contributed by atoms with Crippen molar-refractivity contribution in [2.75, 3.05) is 16.0 Å². The molecule has 0 fully saturated rings. The van der Waals surface area contributed by atoms with E-state index >= 15 is 0 Å². The van der Waals surface area contributed by atoms with Crippen molar-refractivity contribution in [3.63, 3.8) is 0 Å². The van der Waals surface area contributed by atoms with Crippen molar-refractivity contribution < 1.29 is 9.59 Å². The van der Waals surface area contributed by atoms with Crippen LogP contribution in [0.25, 0.3) is 0 Å². The van der Waals surface area contributed by atoms with Crippen molar-refractivity contribution in [3.8, 4) is 0 Å². The highest BCUT2D eigenvalue weighted by atomic mass is 32.2. The van der Waals surface area contributed by atoms with Crippen LogP contribution in [0.5, 0.6) is 0 Å². The topological polar surface area (TPSA) is 49.4 Å². The molecule has 130 valence electrons. The van der Waals surface area contributed by atoms with Crippen LogP contribution in [0, 0.1) is 6.92 Å². The molecule has 1 aliphatic heterocycles. The third kappa shape index (κ3) is 4.04. The largest absolute Gasteiger partial charge is 0.324 e. The van der Waals surface area contributed by atoms with Crippen LogP contribution in [0.2, 0.25) is 0 Å². The van der Waals surface area contributed by atoms with E-state index in [-0.39, 0.29) is 17.9 Å². The Kier molecular flexibility index (Phi) is 5.43. The van der Waals surface area contributed by atoms with E-state index in [2.05, 4.69) is 24.4 Å². The van der Waals surface area contributed by atoms with Crippen molar-refractivity contribution in [1.29, 1.82) is 0 Å². The number of hydrogen-bond acceptors (Lipinski definition) is 3. The second kappa shape index (κ2) is 7.74. The van der Waals surface area contributed by atoms with Gasteiger partial charge in [-0.25, -0.2) is 0 Å². The highest BCUT2D eigenvalue weighted by Crippen LogP contribution is 2.32. The van der Waals surface area contributed by atoms with E-state index in [1.807, 2.05) is 43.3 Å². The van der Waals surface area contributed by atoms with Gasteiger partial charge >= 0.3 is 0 Å². The zero-order valence-electron chi connectivity index (χ0n) is 14.5. The number of rotatable bonds is 4. The van der Waals surface area contributed by atoms with Gasteiger partial charge in [-0.2, -0.15) is 0 Å². The first-order valence-corrected chi connectivity index (χ1v) is 9.55. The summed E-state index contributed by atoms with van der Waals surface area (Å²) in [4.78, 5) is 26.6. The molecule has 0 aromatic heterocycles. The van der Waals surface area contributed by atoms with Crippen LogP contribution in [0.15, 0.2) is 48.5 Å². The number of nitrogens with zero attached hydrogens (tertiary/aromatic N) is 1. The van der Waals surface area contributed by atoms with Gasteiger partial charge in [0, 0.05) is 18.2 Å². The van der Waals surface area contributed by atoms with Crippen LogP contribution in [0.3, 0.4) is 0 Å². The third-order valence-electron chi connectivity index (χ3n) is 4.37. The van der Waals surface area contributed by atoms with Crippen LogP contribution < -0.4 is 10.2 Å². The number of hydrogen-bond donors (Lipinski definition) is 1. The van der Waals surface area contributed by atoms with Gasteiger partial charge in [-0.05, 0) is 37.1 Å². The molecule has 1 aliphatic rings. The lowest BCUT2D eigenvalue weighted by atomic mass is 10.1. The summed E-state index contributed by atoms with van der Waals surface area (Å²) < 4.78 is 0. The normalized spacial score (nSPS) is 16.8. The Morgan fingerprint density at radius 1 is 1.20 bits per heavy atom. The summed E-state index contributed by atoms with van der Waals surface area (Å²) in [5.41, 5.74) is 3.98. The molecule has 1 atom stereocenters. The van der Waals surface area contributed by atoms with Gasteiger partial charge in [0.15, 0.2) is 0 Å². The number of para-hydroxylation sites is 2. The van der Waals surface area contributed by atoms with Crippen molar-refractivity contribution >= 4 is 35.0 Å². The summed E-state index contributed by atoms with van der Waals surface area (Å²) in [5, 5.41) is 2.89. The summed E-state index contributed by atoms with van der Waals surface area (Å²) in [6.45, 7) is 4.01. The molecule has 1 heterocycles. The van der Waals surface area contributed by atoms with E-state index in [1.165, 1.54) is 11.1 Å². The average Bonchev–Trinajstić information content (AvgIpc) is 2.70. The summed E-state index contributed by atoms with van der Waals surface area (Å²) in [6.07, 6.45) is 0.308. The number of thioether (sulfide) groups is 1. The van der Waals surface area contributed by atoms with Gasteiger partial charge < -0.3 is 10.2 Å². The van der Waals surface area contributed by atoms with Crippen molar-refractivity contribution in [2.24, 2.45) is 0 Å². The fourth-order valence-corrected chi connectivity index (χ4v) is 4.02. The lowest BCUT2D eigenvalue weighted by Gasteiger charge is -2.27. The number of nitrogens with one attached hydrogen (secondary N) is 1. The Labute approximate surface area is 152 Å². The zero-order valence-corrected chi connectivity index (χ0v) is 15.3. The average molecular weight is 354 g/mol. The van der Waals surface area contributed by atoms with Crippen molar-refractivity contribution in [2.45, 2.75) is 32.1 Å². The molecule has 2 aromatic rings. The molecule has 5 heteroatoms. The maximum Gasteiger partial charge on any atom is 0.237 e. The first kappa shape index (κ1) is 17.5. The molecule has 0 saturated carbocycles. The van der Waals surface area contributed by atoms with Crippen LogP contribution in [-0.4, -0.2) is 23.6 Å². The number of carbonyl (C=O) groups excluding carboxylic acids is 2. The minimum absolute atomic E-state index is 0.0371. The number of benzene rings is 2. The summed E-state index contributed by atoms with van der Waals surface area (Å²) in [6, 6.07) is 15.6. The number of amides is 2. The Balaban J connectivity index is 1.72. The van der Waals surface area contributed by atoms with E-state index in [0.717, 1.165) is 11.4 Å². The number of fused-ring (bicyclic) bond motifs is 1. The molecule has 0 spiro atoms. The first-order valence-electron chi connectivity index (χ1n) is 8.39. The van der Waals surface area contributed by atoms with Crippen LogP contribution >= 0.6 is 11.8 Å². The maximum absolute atomic E-state index is 12.9. The van der Waals surface area contributed by atoms with Gasteiger partial charge in [0.1, 0.15) is 0 Å². The van der Waals surface area contributed by atoms with Gasteiger partial charge in [0.25, 0.3) is 0 Å². The molecule has 0 aliphatic carbocycles. The minimum Gasteiger partial charge on any atom is -0.324 e. The Bertz CT molecular complexity index is 791. The molecule has 1 N–H and O–H groups in total. The lowest BCUT2D eigenvalue weighted by molar-refractivity contribution is -0.117. The summed E-state index contributed by atoms with van der Waals surface area (Å²) in [7, 11) is 0. The summed E-state index contributed by atoms with van der Waals surface area (Å²) >= 11 is 1.61. The van der Waals surface area contributed by atoms with Gasteiger partial charge in [0.05, 0.1) is 17.1 Å². The molecular weight excluding hydrogens is 332 g/mol. The molecule has 0 radical (unpaired) electrons. The fraction of sp³-hybridized carbons (Fsp3) is 0.300. The van der Waals surface area contributed by atoms with E-state index in [4.69, 9.17) is 0 Å². The zero-order chi connectivity index (χ0) is 17.8. The molecule has 25 heavy (non-hydrogen) atoms. The van der Waals surface area contributed by atoms with E-state index in [9.17, 15) is 9.59 Å². The number of anilines is 2. The predicted molar refractivity (Wildman–Crippen MR) is 104 cm³/mol. The molecule has 2 amide bonds. The van der Waals surface area contributed by atoms with E-state index in [1.54, 1.807) is 16.7 Å². The van der Waals surface area contributed by atoms with Gasteiger partial charge in [-0.1, -0.05) is 36.4 Å². The van der Waals surface area contributed by atoms with Crippen molar-refractivity contribution in [1.82, 2.24) is 0 Å². The van der Waals surface area contributed by atoms with Crippen molar-refractivity contribution in [3.05, 3.63) is 59.7 Å². The molecule has 2 aromatic carbocycles. The molecule has 0 unspecified atom stereocenters. The molecular formula is C20H22N2O2S. The molecule has 0 bridgehead atoms. The summed E-state index contributed by atoms with van der Waals surface area (Å²) in [5.74, 6) is 1.18. The monoisotopic (exact) mass is 354 g/mol.